The summed E-state index contributed by atoms with van der Waals surface area (Å²) in [5, 5.41) is 0.288. The van der Waals surface area contributed by atoms with Crippen LogP contribution in [0.5, 0.6) is 0 Å². The lowest BCUT2D eigenvalue weighted by molar-refractivity contribution is 0.0743. The van der Waals surface area contributed by atoms with Crippen molar-refractivity contribution in [2.75, 3.05) is 13.6 Å². The van der Waals surface area contributed by atoms with E-state index in [1.165, 1.54) is 35.7 Å². The van der Waals surface area contributed by atoms with Crippen molar-refractivity contribution in [1.29, 1.82) is 0 Å². The normalized spacial score (nSPS) is 11.4. The molecule has 2 aromatic rings. The SMILES string of the molecule is CC(CN)N(C)C(=O)c1ccc2c(=O)n(C)c(=O)n(C)c2n1.Cl.Cl. The standard InChI is InChI=1S/C14H19N5O3.2ClH/c1-8(7-15)17(2)13(21)10-6-5-9-11(16-10)18(3)14(22)19(4)12(9)20;;/h5-6,8H,7,15H2,1-4H3;2*1H. The number of carbonyl (C=O) groups excluding carboxylic acids is 1. The van der Waals surface area contributed by atoms with Crippen molar-refractivity contribution in [3.05, 3.63) is 38.7 Å². The molecule has 0 spiro atoms. The summed E-state index contributed by atoms with van der Waals surface area (Å²) in [6.45, 7) is 2.15. The number of pyridine rings is 1. The van der Waals surface area contributed by atoms with Gasteiger partial charge in [-0.25, -0.2) is 9.78 Å². The van der Waals surface area contributed by atoms with E-state index in [-0.39, 0.29) is 53.5 Å². The number of likely N-dealkylation sites (N-methyl/N-ethyl adjacent to an activating group) is 1. The molecule has 1 unspecified atom stereocenters. The number of aryl methyl sites for hydroxylation is 1. The van der Waals surface area contributed by atoms with Crippen molar-refractivity contribution in [3.8, 4) is 0 Å². The van der Waals surface area contributed by atoms with Crippen LogP contribution in [-0.4, -0.2) is 44.6 Å². The van der Waals surface area contributed by atoms with E-state index in [0.717, 1.165) is 4.57 Å². The van der Waals surface area contributed by atoms with E-state index in [4.69, 9.17) is 5.73 Å². The van der Waals surface area contributed by atoms with E-state index in [0.29, 0.717) is 6.54 Å². The van der Waals surface area contributed by atoms with Crippen molar-refractivity contribution in [3.63, 3.8) is 0 Å². The maximum absolute atomic E-state index is 12.4. The number of nitrogens with zero attached hydrogens (tertiary/aromatic N) is 4. The minimum absolute atomic E-state index is 0. The van der Waals surface area contributed by atoms with Crippen LogP contribution in [-0.2, 0) is 14.1 Å². The van der Waals surface area contributed by atoms with Gasteiger partial charge in [-0.3, -0.25) is 18.7 Å². The fourth-order valence-electron chi connectivity index (χ4n) is 2.11. The molecule has 8 nitrogen and oxygen atoms in total. The molecule has 0 saturated carbocycles. The topological polar surface area (TPSA) is 103 Å². The molecule has 2 N–H and O–H groups in total. The highest BCUT2D eigenvalue weighted by molar-refractivity contribution is 5.94. The number of carbonyl (C=O) groups is 1. The van der Waals surface area contributed by atoms with Crippen LogP contribution in [0.25, 0.3) is 11.0 Å². The second-order valence-corrected chi connectivity index (χ2v) is 5.27. The maximum atomic E-state index is 12.4. The quantitative estimate of drug-likeness (QED) is 0.803. The number of amides is 1. The Morgan fingerprint density at radius 2 is 1.83 bits per heavy atom. The number of aromatic nitrogens is 3. The first kappa shape index (κ1) is 22.1. The minimum Gasteiger partial charge on any atom is -0.336 e. The average molecular weight is 378 g/mol. The number of halogens is 2. The Hall–Kier alpha value is -1.90. The highest BCUT2D eigenvalue weighted by atomic mass is 35.5. The molecule has 0 aliphatic heterocycles. The van der Waals surface area contributed by atoms with Gasteiger partial charge in [-0.15, -0.1) is 24.8 Å². The van der Waals surface area contributed by atoms with Gasteiger partial charge in [-0.05, 0) is 19.1 Å². The highest BCUT2D eigenvalue weighted by Gasteiger charge is 2.19. The van der Waals surface area contributed by atoms with Crippen LogP contribution in [0.2, 0.25) is 0 Å². The third kappa shape index (κ3) is 3.61. The summed E-state index contributed by atoms with van der Waals surface area (Å²) in [4.78, 5) is 42.1. The average Bonchev–Trinajstić information content (AvgIpc) is 2.55. The predicted octanol–water partition coefficient (Wildman–Crippen LogP) is -0.105. The lowest BCUT2D eigenvalue weighted by Crippen LogP contribution is -2.40. The Morgan fingerprint density at radius 1 is 1.25 bits per heavy atom. The molecule has 0 aromatic carbocycles. The van der Waals surface area contributed by atoms with Gasteiger partial charge in [-0.2, -0.15) is 0 Å². The van der Waals surface area contributed by atoms with Gasteiger partial charge in [-0.1, -0.05) is 0 Å². The Labute approximate surface area is 151 Å². The predicted molar refractivity (Wildman–Crippen MR) is 97.3 cm³/mol. The molecule has 0 fully saturated rings. The van der Waals surface area contributed by atoms with Crippen LogP contribution in [0, 0.1) is 0 Å². The summed E-state index contributed by atoms with van der Waals surface area (Å²) in [6.07, 6.45) is 0. The molecule has 1 atom stereocenters. The summed E-state index contributed by atoms with van der Waals surface area (Å²) < 4.78 is 2.26. The zero-order valence-electron chi connectivity index (χ0n) is 13.8. The van der Waals surface area contributed by atoms with Crippen LogP contribution in [0.3, 0.4) is 0 Å². The fourth-order valence-corrected chi connectivity index (χ4v) is 2.11. The Morgan fingerprint density at radius 3 is 2.38 bits per heavy atom. The van der Waals surface area contributed by atoms with Gasteiger partial charge in [0.15, 0.2) is 0 Å². The molecule has 10 heteroatoms. The molecular formula is C14H21Cl2N5O3. The van der Waals surface area contributed by atoms with Crippen molar-refractivity contribution in [1.82, 2.24) is 19.0 Å². The molecule has 24 heavy (non-hydrogen) atoms. The van der Waals surface area contributed by atoms with E-state index < -0.39 is 11.2 Å². The summed E-state index contributed by atoms with van der Waals surface area (Å²) in [6, 6.07) is 2.85. The van der Waals surface area contributed by atoms with Crippen molar-refractivity contribution >= 4 is 41.8 Å². The molecule has 134 valence electrons. The Balaban J connectivity index is 0.00000264. The molecule has 2 aromatic heterocycles. The first-order chi connectivity index (χ1) is 10.3. The van der Waals surface area contributed by atoms with Gasteiger partial charge in [0.05, 0.1) is 5.39 Å². The lowest BCUT2D eigenvalue weighted by atomic mass is 10.2. The van der Waals surface area contributed by atoms with Gasteiger partial charge in [0.2, 0.25) is 0 Å². The zero-order chi connectivity index (χ0) is 16.6. The first-order valence-corrected chi connectivity index (χ1v) is 6.83. The summed E-state index contributed by atoms with van der Waals surface area (Å²) >= 11 is 0. The second kappa shape index (κ2) is 8.27. The third-order valence-corrected chi connectivity index (χ3v) is 3.84. The summed E-state index contributed by atoms with van der Waals surface area (Å²) in [5.41, 5.74) is 4.98. The maximum Gasteiger partial charge on any atom is 0.332 e. The van der Waals surface area contributed by atoms with Crippen molar-refractivity contribution in [2.24, 2.45) is 19.8 Å². The second-order valence-electron chi connectivity index (χ2n) is 5.27. The lowest BCUT2D eigenvalue weighted by Gasteiger charge is -2.23. The van der Waals surface area contributed by atoms with E-state index in [2.05, 4.69) is 4.98 Å². The first-order valence-electron chi connectivity index (χ1n) is 6.83. The van der Waals surface area contributed by atoms with Crippen LogP contribution in [0.15, 0.2) is 21.7 Å². The van der Waals surface area contributed by atoms with Crippen LogP contribution >= 0.6 is 24.8 Å². The van der Waals surface area contributed by atoms with Gasteiger partial charge >= 0.3 is 5.69 Å². The number of fused-ring (bicyclic) bond motifs is 1. The fraction of sp³-hybridized carbons (Fsp3) is 0.429. The monoisotopic (exact) mass is 377 g/mol. The summed E-state index contributed by atoms with van der Waals surface area (Å²) in [5.74, 6) is -0.312. The van der Waals surface area contributed by atoms with Crippen LogP contribution in [0.4, 0.5) is 0 Å². The number of hydrogen-bond acceptors (Lipinski definition) is 5. The third-order valence-electron chi connectivity index (χ3n) is 3.84. The molecular weight excluding hydrogens is 357 g/mol. The molecule has 0 saturated heterocycles. The molecule has 0 bridgehead atoms. The largest absolute Gasteiger partial charge is 0.336 e. The van der Waals surface area contributed by atoms with Crippen LogP contribution in [0.1, 0.15) is 17.4 Å². The molecule has 1 amide bonds. The number of hydrogen-bond donors (Lipinski definition) is 1. The Bertz CT molecular complexity index is 862. The minimum atomic E-state index is -0.488. The van der Waals surface area contributed by atoms with Gasteiger partial charge < -0.3 is 10.6 Å². The highest BCUT2D eigenvalue weighted by Crippen LogP contribution is 2.09. The smallest absolute Gasteiger partial charge is 0.332 e. The van der Waals surface area contributed by atoms with Crippen molar-refractivity contribution < 1.29 is 4.79 Å². The Kier molecular flexibility index (Phi) is 7.62. The van der Waals surface area contributed by atoms with E-state index in [1.807, 2.05) is 6.92 Å². The van der Waals surface area contributed by atoms with Crippen molar-refractivity contribution in [2.45, 2.75) is 13.0 Å². The van der Waals surface area contributed by atoms with Crippen LogP contribution < -0.4 is 17.0 Å². The molecule has 0 aliphatic carbocycles. The number of rotatable bonds is 3. The number of nitrogens with two attached hydrogens (primary N) is 1. The summed E-state index contributed by atoms with van der Waals surface area (Å²) in [7, 11) is 4.55. The van der Waals surface area contributed by atoms with E-state index in [1.54, 1.807) is 7.05 Å². The molecule has 2 heterocycles. The molecule has 2 rings (SSSR count). The van der Waals surface area contributed by atoms with E-state index >= 15 is 0 Å². The molecule has 0 radical (unpaired) electrons. The zero-order valence-corrected chi connectivity index (χ0v) is 15.5. The van der Waals surface area contributed by atoms with Gasteiger partial charge in [0.1, 0.15) is 11.3 Å². The van der Waals surface area contributed by atoms with Gasteiger partial charge in [0.25, 0.3) is 11.5 Å². The van der Waals surface area contributed by atoms with E-state index in [9.17, 15) is 14.4 Å². The van der Waals surface area contributed by atoms with Gasteiger partial charge in [0, 0.05) is 33.7 Å². The molecule has 0 aliphatic rings.